The van der Waals surface area contributed by atoms with Gasteiger partial charge in [0.1, 0.15) is 0 Å². The van der Waals surface area contributed by atoms with E-state index in [1.165, 1.54) is 0 Å². The largest absolute Gasteiger partial charge is 0.457 e. The molecule has 1 fully saturated rings. The van der Waals surface area contributed by atoms with Gasteiger partial charge in [0, 0.05) is 0 Å². The molecule has 0 aliphatic carbocycles. The lowest BCUT2D eigenvalue weighted by molar-refractivity contribution is 0.00578. The molecule has 0 saturated carbocycles. The summed E-state index contributed by atoms with van der Waals surface area (Å²) in [6.45, 7) is 11.9. The summed E-state index contributed by atoms with van der Waals surface area (Å²) >= 11 is 0. The van der Waals surface area contributed by atoms with E-state index in [1.807, 2.05) is 27.7 Å². The Morgan fingerprint density at radius 3 is 1.64 bits per heavy atom. The van der Waals surface area contributed by atoms with E-state index in [2.05, 4.69) is 6.92 Å². The van der Waals surface area contributed by atoms with Crippen molar-refractivity contribution >= 4 is 7.12 Å². The molecule has 3 heteroatoms. The highest BCUT2D eigenvalue weighted by atomic mass is 16.7. The van der Waals surface area contributed by atoms with Crippen molar-refractivity contribution in [2.45, 2.75) is 45.2 Å². The van der Waals surface area contributed by atoms with Crippen LogP contribution in [-0.4, -0.2) is 18.3 Å². The van der Waals surface area contributed by atoms with Crippen LogP contribution in [0.3, 0.4) is 0 Å². The van der Waals surface area contributed by atoms with Crippen LogP contribution < -0.4 is 0 Å². The SMILES string of the molecule is [CH2]CB1OC(C)(C)C(C)(C)O1. The van der Waals surface area contributed by atoms with Gasteiger partial charge in [-0.15, -0.1) is 0 Å². The molecule has 2 nitrogen and oxygen atoms in total. The second-order valence-corrected chi connectivity index (χ2v) is 3.97. The van der Waals surface area contributed by atoms with E-state index in [-0.39, 0.29) is 18.3 Å². The lowest BCUT2D eigenvalue weighted by Gasteiger charge is -2.32. The quantitative estimate of drug-likeness (QED) is 0.538. The minimum absolute atomic E-state index is 0.125. The fraction of sp³-hybridized carbons (Fsp3) is 0.875. The van der Waals surface area contributed by atoms with Gasteiger partial charge in [0.25, 0.3) is 0 Å². The van der Waals surface area contributed by atoms with Gasteiger partial charge in [0.15, 0.2) is 0 Å². The normalized spacial score (nSPS) is 27.5. The lowest BCUT2D eigenvalue weighted by Crippen LogP contribution is -2.41. The van der Waals surface area contributed by atoms with E-state index in [9.17, 15) is 0 Å². The molecular weight excluding hydrogens is 139 g/mol. The first kappa shape index (κ1) is 9.08. The van der Waals surface area contributed by atoms with Crippen molar-refractivity contribution in [1.82, 2.24) is 0 Å². The van der Waals surface area contributed by atoms with Gasteiger partial charge in [0.2, 0.25) is 0 Å². The van der Waals surface area contributed by atoms with Crippen molar-refractivity contribution in [2.24, 2.45) is 0 Å². The van der Waals surface area contributed by atoms with Gasteiger partial charge in [0.05, 0.1) is 11.2 Å². The molecule has 0 aromatic rings. The Hall–Kier alpha value is -0.0151. The van der Waals surface area contributed by atoms with E-state index in [0.717, 1.165) is 0 Å². The Morgan fingerprint density at radius 1 is 1.09 bits per heavy atom. The van der Waals surface area contributed by atoms with E-state index in [1.54, 1.807) is 0 Å². The molecule has 0 aromatic carbocycles. The zero-order valence-corrected chi connectivity index (χ0v) is 7.81. The van der Waals surface area contributed by atoms with E-state index < -0.39 is 0 Å². The van der Waals surface area contributed by atoms with Crippen molar-refractivity contribution in [3.63, 3.8) is 0 Å². The van der Waals surface area contributed by atoms with Crippen LogP contribution in [0.5, 0.6) is 0 Å². The van der Waals surface area contributed by atoms with Crippen LogP contribution in [0.1, 0.15) is 27.7 Å². The van der Waals surface area contributed by atoms with Gasteiger partial charge in [-0.1, -0.05) is 6.92 Å². The van der Waals surface area contributed by atoms with Gasteiger partial charge >= 0.3 is 7.12 Å². The number of rotatable bonds is 1. The number of hydrogen-bond donors (Lipinski definition) is 0. The van der Waals surface area contributed by atoms with Crippen LogP contribution in [0.15, 0.2) is 0 Å². The molecule has 1 saturated heterocycles. The van der Waals surface area contributed by atoms with Crippen LogP contribution in [0, 0.1) is 6.92 Å². The van der Waals surface area contributed by atoms with Crippen molar-refractivity contribution in [2.75, 3.05) is 0 Å². The highest BCUT2D eigenvalue weighted by molar-refractivity contribution is 6.45. The molecule has 0 unspecified atom stereocenters. The van der Waals surface area contributed by atoms with Gasteiger partial charge < -0.3 is 9.31 Å². The summed E-state index contributed by atoms with van der Waals surface area (Å²) in [6, 6.07) is 0. The topological polar surface area (TPSA) is 18.5 Å². The molecule has 0 bridgehead atoms. The summed E-state index contributed by atoms with van der Waals surface area (Å²) in [5.74, 6) is 0. The molecule has 1 aliphatic rings. The maximum atomic E-state index is 5.63. The third-order valence-corrected chi connectivity index (χ3v) is 2.54. The van der Waals surface area contributed by atoms with Crippen molar-refractivity contribution < 1.29 is 9.31 Å². The van der Waals surface area contributed by atoms with Gasteiger partial charge in [-0.2, -0.15) is 0 Å². The Kier molecular flexibility index (Phi) is 2.06. The zero-order chi connectivity index (χ0) is 8.70. The molecule has 63 valence electrons. The average molecular weight is 155 g/mol. The third kappa shape index (κ3) is 1.45. The molecule has 1 radical (unpaired) electrons. The lowest BCUT2D eigenvalue weighted by atomic mass is 9.87. The van der Waals surface area contributed by atoms with Crippen LogP contribution in [0.2, 0.25) is 6.32 Å². The highest BCUT2D eigenvalue weighted by Crippen LogP contribution is 2.37. The molecule has 1 rings (SSSR count). The van der Waals surface area contributed by atoms with Crippen molar-refractivity contribution in [1.29, 1.82) is 0 Å². The molecule has 0 N–H and O–H groups in total. The maximum absolute atomic E-state index is 5.63. The van der Waals surface area contributed by atoms with Gasteiger partial charge in [-0.3, -0.25) is 0 Å². The van der Waals surface area contributed by atoms with Gasteiger partial charge in [-0.05, 0) is 34.0 Å². The summed E-state index contributed by atoms with van der Waals surface area (Å²) in [5, 5.41) is 0. The standard InChI is InChI=1S/C8H16BO2/c1-6-9-10-7(2,3)8(4,5)11-9/h1,6H2,2-5H3. The summed E-state index contributed by atoms with van der Waals surface area (Å²) in [5.41, 5.74) is -0.398. The molecular formula is C8H16BO2. The predicted octanol–water partition coefficient (Wildman–Crippen LogP) is 1.91. The minimum atomic E-state index is -0.199. The Morgan fingerprint density at radius 2 is 1.45 bits per heavy atom. The van der Waals surface area contributed by atoms with Crippen molar-refractivity contribution in [3.8, 4) is 0 Å². The van der Waals surface area contributed by atoms with Crippen LogP contribution >= 0.6 is 0 Å². The van der Waals surface area contributed by atoms with Crippen LogP contribution in [0.4, 0.5) is 0 Å². The fourth-order valence-electron chi connectivity index (χ4n) is 1.08. The van der Waals surface area contributed by atoms with Crippen LogP contribution in [0.25, 0.3) is 0 Å². The first-order valence-electron chi connectivity index (χ1n) is 4.04. The van der Waals surface area contributed by atoms with E-state index >= 15 is 0 Å². The Bertz CT molecular complexity index is 138. The van der Waals surface area contributed by atoms with Gasteiger partial charge in [-0.25, -0.2) is 0 Å². The predicted molar refractivity (Wildman–Crippen MR) is 46.2 cm³/mol. The second-order valence-electron chi connectivity index (χ2n) is 3.97. The second kappa shape index (κ2) is 2.49. The Labute approximate surface area is 69.4 Å². The smallest absolute Gasteiger partial charge is 0.403 e. The maximum Gasteiger partial charge on any atom is 0.457 e. The molecule has 1 aliphatic heterocycles. The van der Waals surface area contributed by atoms with Crippen molar-refractivity contribution in [3.05, 3.63) is 6.92 Å². The minimum Gasteiger partial charge on any atom is -0.403 e. The Balaban J connectivity index is 2.72. The fourth-order valence-corrected chi connectivity index (χ4v) is 1.08. The summed E-state index contributed by atoms with van der Waals surface area (Å²) in [7, 11) is -0.125. The first-order valence-corrected chi connectivity index (χ1v) is 4.04. The molecule has 1 heterocycles. The van der Waals surface area contributed by atoms with E-state index in [4.69, 9.17) is 9.31 Å². The molecule has 0 atom stereocenters. The summed E-state index contributed by atoms with van der Waals surface area (Å²) < 4.78 is 11.3. The third-order valence-electron chi connectivity index (χ3n) is 2.54. The molecule has 0 aromatic heterocycles. The summed E-state index contributed by atoms with van der Waals surface area (Å²) in [6.07, 6.45) is 0.673. The zero-order valence-electron chi connectivity index (χ0n) is 7.81. The average Bonchev–Trinajstić information content (AvgIpc) is 2.03. The van der Waals surface area contributed by atoms with Crippen LogP contribution in [-0.2, 0) is 9.31 Å². The first-order chi connectivity index (χ1) is 4.89. The highest BCUT2D eigenvalue weighted by Gasteiger charge is 2.49. The monoisotopic (exact) mass is 155 g/mol. The molecule has 11 heavy (non-hydrogen) atoms. The molecule has 0 spiro atoms. The summed E-state index contributed by atoms with van der Waals surface area (Å²) in [4.78, 5) is 0. The number of hydrogen-bond acceptors (Lipinski definition) is 2. The van der Waals surface area contributed by atoms with E-state index in [0.29, 0.717) is 6.32 Å². The molecule has 0 amide bonds.